The van der Waals surface area contributed by atoms with E-state index in [1.807, 2.05) is 44.4 Å². The first kappa shape index (κ1) is 13.4. The van der Waals surface area contributed by atoms with E-state index in [-0.39, 0.29) is 12.1 Å². The topological polar surface area (TPSA) is 62.3 Å². The fourth-order valence-electron chi connectivity index (χ4n) is 1.92. The number of rotatable bonds is 5. The lowest BCUT2D eigenvalue weighted by atomic mass is 10.1. The van der Waals surface area contributed by atoms with Crippen molar-refractivity contribution in [3.05, 3.63) is 42.2 Å². The molecule has 1 aromatic carbocycles. The summed E-state index contributed by atoms with van der Waals surface area (Å²) in [5, 5.41) is 4.15. The van der Waals surface area contributed by atoms with E-state index in [2.05, 4.69) is 5.10 Å². The first-order valence-electron chi connectivity index (χ1n) is 6.15. The molecule has 102 valence electrons. The molecule has 2 atom stereocenters. The highest BCUT2D eigenvalue weighted by Gasteiger charge is 2.21. The second-order valence-corrected chi connectivity index (χ2v) is 4.50. The number of hydrogen-bond acceptors (Lipinski definition) is 4. The lowest BCUT2D eigenvalue weighted by Gasteiger charge is -2.22. The van der Waals surface area contributed by atoms with Gasteiger partial charge in [0.05, 0.1) is 13.3 Å². The number of nitrogens with zero attached hydrogens (tertiary/aromatic N) is 2. The van der Waals surface area contributed by atoms with Gasteiger partial charge in [0, 0.05) is 24.8 Å². The third-order valence-electron chi connectivity index (χ3n) is 2.85. The molecule has 0 amide bonds. The molecule has 2 rings (SSSR count). The van der Waals surface area contributed by atoms with Crippen molar-refractivity contribution in [2.24, 2.45) is 12.8 Å². The molecule has 0 saturated carbocycles. The third-order valence-corrected chi connectivity index (χ3v) is 2.85. The molecular weight excluding hydrogens is 242 g/mol. The van der Waals surface area contributed by atoms with Gasteiger partial charge in [-0.15, -0.1) is 0 Å². The van der Waals surface area contributed by atoms with E-state index < -0.39 is 0 Å². The molecule has 5 heteroatoms. The molecule has 0 aliphatic rings. The average Bonchev–Trinajstić information content (AvgIpc) is 2.82. The summed E-state index contributed by atoms with van der Waals surface area (Å²) in [4.78, 5) is 0. The molecular formula is C14H19N3O2. The van der Waals surface area contributed by atoms with Crippen molar-refractivity contribution in [2.75, 3.05) is 7.11 Å². The number of ether oxygens (including phenoxy) is 2. The van der Waals surface area contributed by atoms with Gasteiger partial charge in [0.2, 0.25) is 0 Å². The van der Waals surface area contributed by atoms with Crippen LogP contribution >= 0.6 is 0 Å². The van der Waals surface area contributed by atoms with Crippen molar-refractivity contribution in [1.29, 1.82) is 0 Å². The van der Waals surface area contributed by atoms with E-state index in [1.54, 1.807) is 18.0 Å². The quantitative estimate of drug-likeness (QED) is 0.893. The maximum Gasteiger partial charge on any atom is 0.162 e. The number of benzene rings is 1. The molecule has 0 saturated heterocycles. The summed E-state index contributed by atoms with van der Waals surface area (Å²) < 4.78 is 13.0. The first-order chi connectivity index (χ1) is 9.11. The number of nitrogens with two attached hydrogens (primary N) is 1. The Hall–Kier alpha value is -2.01. The van der Waals surface area contributed by atoms with Crippen molar-refractivity contribution in [3.63, 3.8) is 0 Å². The van der Waals surface area contributed by atoms with Gasteiger partial charge >= 0.3 is 0 Å². The summed E-state index contributed by atoms with van der Waals surface area (Å²) in [7, 11) is 3.48. The van der Waals surface area contributed by atoms with Crippen LogP contribution in [0.5, 0.6) is 11.5 Å². The predicted molar refractivity (Wildman–Crippen MR) is 73.2 cm³/mol. The van der Waals surface area contributed by atoms with Crippen LogP contribution in [0.4, 0.5) is 0 Å². The van der Waals surface area contributed by atoms with Gasteiger partial charge in [-0.2, -0.15) is 5.10 Å². The van der Waals surface area contributed by atoms with Crippen molar-refractivity contribution in [2.45, 2.75) is 19.1 Å². The Morgan fingerprint density at radius 3 is 2.47 bits per heavy atom. The Bertz CT molecular complexity index is 537. The smallest absolute Gasteiger partial charge is 0.162 e. The van der Waals surface area contributed by atoms with Gasteiger partial charge in [-0.25, -0.2) is 0 Å². The molecule has 1 heterocycles. The first-order valence-corrected chi connectivity index (χ1v) is 6.15. The summed E-state index contributed by atoms with van der Waals surface area (Å²) in [6.07, 6.45) is 3.41. The SMILES string of the molecule is COc1ccccc1OC(c1cnn(C)c1)C(C)N. The van der Waals surface area contributed by atoms with E-state index in [1.165, 1.54) is 0 Å². The van der Waals surface area contributed by atoms with Crippen molar-refractivity contribution >= 4 is 0 Å². The van der Waals surface area contributed by atoms with Crippen LogP contribution in [0.3, 0.4) is 0 Å². The van der Waals surface area contributed by atoms with Crippen LogP contribution in [0.25, 0.3) is 0 Å². The van der Waals surface area contributed by atoms with Gasteiger partial charge < -0.3 is 15.2 Å². The Kier molecular flexibility index (Phi) is 4.06. The van der Waals surface area contributed by atoms with Crippen LogP contribution < -0.4 is 15.2 Å². The van der Waals surface area contributed by atoms with Crippen LogP contribution in [0.1, 0.15) is 18.6 Å². The second kappa shape index (κ2) is 5.75. The van der Waals surface area contributed by atoms with E-state index in [9.17, 15) is 0 Å². The number of aryl methyl sites for hydroxylation is 1. The largest absolute Gasteiger partial charge is 0.493 e. The Labute approximate surface area is 112 Å². The second-order valence-electron chi connectivity index (χ2n) is 4.50. The maximum absolute atomic E-state index is 6.01. The molecule has 0 radical (unpaired) electrons. The van der Waals surface area contributed by atoms with Gasteiger partial charge in [-0.3, -0.25) is 4.68 Å². The highest BCUT2D eigenvalue weighted by Crippen LogP contribution is 2.31. The molecule has 0 fully saturated rings. The summed E-state index contributed by atoms with van der Waals surface area (Å²) in [6, 6.07) is 7.37. The summed E-state index contributed by atoms with van der Waals surface area (Å²) in [5.74, 6) is 1.37. The van der Waals surface area contributed by atoms with Crippen LogP contribution in [-0.4, -0.2) is 22.9 Å². The third kappa shape index (κ3) is 3.06. The Morgan fingerprint density at radius 2 is 1.95 bits per heavy atom. The van der Waals surface area contributed by atoms with E-state index in [0.717, 1.165) is 5.56 Å². The standard InChI is InChI=1S/C14H19N3O2/c1-10(15)14(11-8-16-17(2)9-11)19-13-7-5-4-6-12(13)18-3/h4-10,14H,15H2,1-3H3. The van der Waals surface area contributed by atoms with Gasteiger partial charge in [-0.05, 0) is 19.1 Å². The minimum atomic E-state index is -0.259. The Balaban J connectivity index is 2.26. The molecule has 2 aromatic rings. The van der Waals surface area contributed by atoms with E-state index in [4.69, 9.17) is 15.2 Å². The molecule has 19 heavy (non-hydrogen) atoms. The zero-order chi connectivity index (χ0) is 13.8. The van der Waals surface area contributed by atoms with E-state index in [0.29, 0.717) is 11.5 Å². The van der Waals surface area contributed by atoms with Gasteiger partial charge in [0.25, 0.3) is 0 Å². The average molecular weight is 261 g/mol. The number of methoxy groups -OCH3 is 1. The molecule has 0 spiro atoms. The monoisotopic (exact) mass is 261 g/mol. The van der Waals surface area contributed by atoms with Gasteiger partial charge in [0.1, 0.15) is 6.10 Å². The van der Waals surface area contributed by atoms with Crippen LogP contribution in [0.2, 0.25) is 0 Å². The van der Waals surface area contributed by atoms with Crippen LogP contribution in [0.15, 0.2) is 36.7 Å². The minimum absolute atomic E-state index is 0.158. The normalized spacial score (nSPS) is 13.9. The molecule has 1 aromatic heterocycles. The molecule has 5 nitrogen and oxygen atoms in total. The van der Waals surface area contributed by atoms with Crippen molar-refractivity contribution < 1.29 is 9.47 Å². The van der Waals surface area contributed by atoms with Crippen molar-refractivity contribution in [3.8, 4) is 11.5 Å². The summed E-state index contributed by atoms with van der Waals surface area (Å²) >= 11 is 0. The zero-order valence-electron chi connectivity index (χ0n) is 11.4. The number of hydrogen-bond donors (Lipinski definition) is 1. The van der Waals surface area contributed by atoms with Crippen molar-refractivity contribution in [1.82, 2.24) is 9.78 Å². The highest BCUT2D eigenvalue weighted by atomic mass is 16.5. The van der Waals surface area contributed by atoms with Gasteiger partial charge in [-0.1, -0.05) is 12.1 Å². The fourth-order valence-corrected chi connectivity index (χ4v) is 1.92. The lowest BCUT2D eigenvalue weighted by molar-refractivity contribution is 0.173. The molecule has 0 aliphatic carbocycles. The maximum atomic E-state index is 6.01. The minimum Gasteiger partial charge on any atom is -0.493 e. The lowest BCUT2D eigenvalue weighted by Crippen LogP contribution is -2.28. The summed E-state index contributed by atoms with van der Waals surface area (Å²) in [5.41, 5.74) is 6.96. The Morgan fingerprint density at radius 1 is 1.26 bits per heavy atom. The number of para-hydroxylation sites is 2. The number of aromatic nitrogens is 2. The summed E-state index contributed by atoms with van der Waals surface area (Å²) in [6.45, 7) is 1.91. The predicted octanol–water partition coefficient (Wildman–Crippen LogP) is 1.90. The molecule has 2 unspecified atom stereocenters. The van der Waals surface area contributed by atoms with Crippen LogP contribution in [-0.2, 0) is 7.05 Å². The molecule has 0 bridgehead atoms. The van der Waals surface area contributed by atoms with E-state index >= 15 is 0 Å². The van der Waals surface area contributed by atoms with Crippen LogP contribution in [0, 0.1) is 0 Å². The zero-order valence-corrected chi connectivity index (χ0v) is 11.4. The van der Waals surface area contributed by atoms with Gasteiger partial charge in [0.15, 0.2) is 11.5 Å². The highest BCUT2D eigenvalue weighted by molar-refractivity contribution is 5.40. The fraction of sp³-hybridized carbons (Fsp3) is 0.357. The molecule has 0 aliphatic heterocycles. The molecule has 2 N–H and O–H groups in total.